The zero-order valence-corrected chi connectivity index (χ0v) is 10.6. The minimum atomic E-state index is -0.551. The predicted octanol–water partition coefficient (Wildman–Crippen LogP) is 1.17. The number of halogens is 1. The average Bonchev–Trinajstić information content (AvgIpc) is 2.31. The predicted molar refractivity (Wildman–Crippen MR) is 64.5 cm³/mol. The van der Waals surface area contributed by atoms with Crippen LogP contribution in [0.4, 0.5) is 0 Å². The smallest absolute Gasteiger partial charge is 0.339 e. The normalized spacial score (nSPS) is 9.89. The Labute approximate surface area is 109 Å². The van der Waals surface area contributed by atoms with Gasteiger partial charge in [0, 0.05) is 6.20 Å². The molecule has 2 N–H and O–H groups in total. The van der Waals surface area contributed by atoms with E-state index in [1.54, 1.807) is 6.92 Å². The monoisotopic (exact) mass is 272 g/mol. The molecule has 0 aliphatic rings. The highest BCUT2D eigenvalue weighted by atomic mass is 35.5. The maximum atomic E-state index is 11.5. The number of ether oxygens (including phenoxy) is 2. The van der Waals surface area contributed by atoms with E-state index < -0.39 is 11.9 Å². The second-order valence-electron chi connectivity index (χ2n) is 3.26. The lowest BCUT2D eigenvalue weighted by Gasteiger charge is -2.08. The van der Waals surface area contributed by atoms with Gasteiger partial charge in [0.25, 0.3) is 0 Å². The van der Waals surface area contributed by atoms with Crippen molar-refractivity contribution in [1.29, 1.82) is 0 Å². The molecule has 0 saturated carbocycles. The third kappa shape index (κ3) is 3.89. The van der Waals surface area contributed by atoms with Gasteiger partial charge in [0.15, 0.2) is 0 Å². The molecule has 1 amide bonds. The lowest BCUT2D eigenvalue weighted by molar-refractivity contribution is -0.118. The first-order valence-electron chi connectivity index (χ1n) is 5.29. The maximum Gasteiger partial charge on any atom is 0.339 e. The van der Waals surface area contributed by atoms with E-state index in [-0.39, 0.29) is 36.1 Å². The Morgan fingerprint density at radius 3 is 2.83 bits per heavy atom. The number of hydrogen-bond acceptors (Lipinski definition) is 5. The van der Waals surface area contributed by atoms with Gasteiger partial charge in [0.2, 0.25) is 11.8 Å². The number of nitrogens with two attached hydrogens (primary N) is 1. The summed E-state index contributed by atoms with van der Waals surface area (Å²) in [6.07, 6.45) is 1.42. The molecule has 0 aliphatic heterocycles. The second kappa shape index (κ2) is 6.80. The Balaban J connectivity index is 2.78. The number of aromatic nitrogens is 1. The second-order valence-corrected chi connectivity index (χ2v) is 3.64. The lowest BCUT2D eigenvalue weighted by Crippen LogP contribution is -2.15. The van der Waals surface area contributed by atoms with Crippen LogP contribution in [-0.2, 0) is 9.53 Å². The van der Waals surface area contributed by atoms with Gasteiger partial charge in [-0.05, 0) is 13.0 Å². The minimum absolute atomic E-state index is 0.0433. The number of amides is 1. The molecule has 7 heteroatoms. The fourth-order valence-corrected chi connectivity index (χ4v) is 1.38. The van der Waals surface area contributed by atoms with Crippen molar-refractivity contribution in [3.05, 3.63) is 22.8 Å². The number of primary amides is 1. The van der Waals surface area contributed by atoms with Crippen molar-refractivity contribution >= 4 is 23.5 Å². The molecule has 0 bridgehead atoms. The van der Waals surface area contributed by atoms with Gasteiger partial charge in [0.05, 0.1) is 25.2 Å². The molecule has 6 nitrogen and oxygen atoms in total. The van der Waals surface area contributed by atoms with E-state index in [1.807, 2.05) is 0 Å². The average molecular weight is 273 g/mol. The van der Waals surface area contributed by atoms with E-state index in [2.05, 4.69) is 4.98 Å². The van der Waals surface area contributed by atoms with Crippen molar-refractivity contribution in [2.24, 2.45) is 5.73 Å². The number of pyridine rings is 1. The van der Waals surface area contributed by atoms with Crippen LogP contribution >= 0.6 is 11.6 Å². The molecule has 0 radical (unpaired) electrons. The van der Waals surface area contributed by atoms with Crippen LogP contribution in [0.5, 0.6) is 5.88 Å². The Morgan fingerprint density at radius 1 is 1.50 bits per heavy atom. The lowest BCUT2D eigenvalue weighted by atomic mass is 10.2. The van der Waals surface area contributed by atoms with Crippen LogP contribution in [0.15, 0.2) is 12.3 Å². The minimum Gasteiger partial charge on any atom is -0.476 e. The van der Waals surface area contributed by atoms with Crippen molar-refractivity contribution in [2.75, 3.05) is 13.2 Å². The molecule has 0 atom stereocenters. The number of nitrogens with zero attached hydrogens (tertiary/aromatic N) is 1. The molecule has 1 aromatic heterocycles. The van der Waals surface area contributed by atoms with E-state index in [9.17, 15) is 9.59 Å². The summed E-state index contributed by atoms with van der Waals surface area (Å²) in [7, 11) is 0. The highest BCUT2D eigenvalue weighted by Crippen LogP contribution is 2.26. The molecule has 0 fully saturated rings. The van der Waals surface area contributed by atoms with Crippen molar-refractivity contribution < 1.29 is 19.1 Å². The molecule has 0 saturated heterocycles. The quantitative estimate of drug-likeness (QED) is 0.785. The van der Waals surface area contributed by atoms with Crippen LogP contribution in [0.25, 0.3) is 0 Å². The summed E-state index contributed by atoms with van der Waals surface area (Å²) in [5.41, 5.74) is 5.13. The van der Waals surface area contributed by atoms with Crippen LogP contribution in [0.1, 0.15) is 23.7 Å². The number of esters is 1. The van der Waals surface area contributed by atoms with E-state index in [4.69, 9.17) is 26.8 Å². The summed E-state index contributed by atoms with van der Waals surface area (Å²) in [5, 5.41) is 0.0559. The molecule has 0 aromatic carbocycles. The Morgan fingerprint density at radius 2 is 2.22 bits per heavy atom. The van der Waals surface area contributed by atoms with Crippen molar-refractivity contribution in [3.63, 3.8) is 0 Å². The van der Waals surface area contributed by atoms with E-state index in [0.717, 1.165) is 0 Å². The highest BCUT2D eigenvalue weighted by molar-refractivity contribution is 6.34. The van der Waals surface area contributed by atoms with Crippen LogP contribution < -0.4 is 10.5 Å². The van der Waals surface area contributed by atoms with Gasteiger partial charge in [-0.15, -0.1) is 0 Å². The topological polar surface area (TPSA) is 91.5 Å². The third-order valence-corrected chi connectivity index (χ3v) is 2.31. The summed E-state index contributed by atoms with van der Waals surface area (Å²) in [5.74, 6) is -0.971. The summed E-state index contributed by atoms with van der Waals surface area (Å²) in [4.78, 5) is 25.9. The first kappa shape index (κ1) is 14.2. The molecule has 0 spiro atoms. The molecule has 1 rings (SSSR count). The molecule has 0 unspecified atom stereocenters. The van der Waals surface area contributed by atoms with Crippen molar-refractivity contribution in [1.82, 2.24) is 4.98 Å². The van der Waals surface area contributed by atoms with Crippen LogP contribution in [0, 0.1) is 0 Å². The number of hydrogen-bond donors (Lipinski definition) is 1. The number of rotatable bonds is 6. The Kier molecular flexibility index (Phi) is 5.38. The van der Waals surface area contributed by atoms with E-state index in [1.165, 1.54) is 12.3 Å². The molecule has 1 aromatic rings. The maximum absolute atomic E-state index is 11.5. The first-order chi connectivity index (χ1) is 8.56. The molecule has 18 heavy (non-hydrogen) atoms. The largest absolute Gasteiger partial charge is 0.476 e. The molecule has 1 heterocycles. The number of carbonyl (C=O) groups excluding carboxylic acids is 2. The van der Waals surface area contributed by atoms with Gasteiger partial charge in [-0.3, -0.25) is 4.79 Å². The first-order valence-corrected chi connectivity index (χ1v) is 5.66. The van der Waals surface area contributed by atoms with Crippen LogP contribution in [0.3, 0.4) is 0 Å². The van der Waals surface area contributed by atoms with E-state index >= 15 is 0 Å². The summed E-state index contributed by atoms with van der Waals surface area (Å²) in [6.45, 7) is 1.99. The van der Waals surface area contributed by atoms with Gasteiger partial charge in [-0.1, -0.05) is 11.6 Å². The van der Waals surface area contributed by atoms with Crippen molar-refractivity contribution in [2.45, 2.75) is 13.3 Å². The van der Waals surface area contributed by atoms with Gasteiger partial charge < -0.3 is 15.2 Å². The van der Waals surface area contributed by atoms with Crippen LogP contribution in [0.2, 0.25) is 5.02 Å². The van der Waals surface area contributed by atoms with Crippen molar-refractivity contribution in [3.8, 4) is 5.88 Å². The standard InChI is InChI=1S/C11H13ClN2O4/c1-2-17-11(16)7-3-5-14-10(9(7)12)18-6-4-8(13)15/h3,5H,2,4,6H2,1H3,(H2,13,15). The van der Waals surface area contributed by atoms with Gasteiger partial charge in [-0.2, -0.15) is 0 Å². The highest BCUT2D eigenvalue weighted by Gasteiger charge is 2.16. The fourth-order valence-electron chi connectivity index (χ4n) is 1.14. The zero-order valence-electron chi connectivity index (χ0n) is 9.81. The molecule has 98 valence electrons. The van der Waals surface area contributed by atoms with Gasteiger partial charge in [-0.25, -0.2) is 9.78 Å². The summed E-state index contributed by atoms with van der Waals surface area (Å²) in [6, 6.07) is 1.43. The van der Waals surface area contributed by atoms with Gasteiger partial charge in [0.1, 0.15) is 5.02 Å². The van der Waals surface area contributed by atoms with Crippen LogP contribution in [-0.4, -0.2) is 30.1 Å². The van der Waals surface area contributed by atoms with Gasteiger partial charge >= 0.3 is 5.97 Å². The fraction of sp³-hybridized carbons (Fsp3) is 0.364. The zero-order chi connectivity index (χ0) is 13.5. The number of carbonyl (C=O) groups is 2. The SMILES string of the molecule is CCOC(=O)c1ccnc(OCCC(N)=O)c1Cl. The molecule has 0 aliphatic carbocycles. The summed E-state index contributed by atoms with van der Waals surface area (Å²) < 4.78 is 9.99. The third-order valence-electron chi connectivity index (χ3n) is 1.94. The molecular formula is C11H13ClN2O4. The Bertz CT molecular complexity index is 451. The van der Waals surface area contributed by atoms with E-state index in [0.29, 0.717) is 0 Å². The molecular weight excluding hydrogens is 260 g/mol. The summed E-state index contributed by atoms with van der Waals surface area (Å²) >= 11 is 5.95. The Hall–Kier alpha value is -1.82.